The minimum Gasteiger partial charge on any atom is -0.453 e. The summed E-state index contributed by atoms with van der Waals surface area (Å²) in [4.78, 5) is 4.75. The Morgan fingerprint density at radius 3 is 1.71 bits per heavy atom. The van der Waals surface area contributed by atoms with Crippen LogP contribution in [0, 0.1) is 0 Å². The summed E-state index contributed by atoms with van der Waals surface area (Å²) >= 11 is 0. The normalized spacial score (nSPS) is 13.5. The molecule has 3 nitrogen and oxygen atoms in total. The quantitative estimate of drug-likeness (QED) is 0.182. The molecule has 0 spiro atoms. The van der Waals surface area contributed by atoms with Crippen LogP contribution in [0.5, 0.6) is 11.5 Å². The van der Waals surface area contributed by atoms with E-state index >= 15 is 0 Å². The van der Waals surface area contributed by atoms with Crippen molar-refractivity contribution in [3.63, 3.8) is 0 Å². The second kappa shape index (κ2) is 11.8. The Morgan fingerprint density at radius 2 is 1.00 bits per heavy atom. The summed E-state index contributed by atoms with van der Waals surface area (Å²) in [6.07, 6.45) is 0. The predicted octanol–water partition coefficient (Wildman–Crippen LogP) is 13.9. The molecule has 8 aromatic carbocycles. The molecule has 0 aromatic heterocycles. The van der Waals surface area contributed by atoms with E-state index in [1.54, 1.807) is 0 Å². The number of hydrogen-bond acceptors (Lipinski definition) is 3. The van der Waals surface area contributed by atoms with Gasteiger partial charge in [0.1, 0.15) is 0 Å². The standard InChI is InChI=1S/C49H36N2O/c1-49(2)42-19-11-12-20-43(42)51-47-41-18-10-9-13-35(41)27-31-44(47)52-45-32-30-40(46(49)48(45)51)36-23-21-33(22-24-36)34-25-28-39(29-26-34)50(37-14-5-3-6-15-37)38-16-7-4-8-17-38/h3-32H,1-2H3. The van der Waals surface area contributed by atoms with Crippen molar-refractivity contribution >= 4 is 44.9 Å². The predicted molar refractivity (Wildman–Crippen MR) is 216 cm³/mol. The van der Waals surface area contributed by atoms with Crippen LogP contribution in [0.15, 0.2) is 182 Å². The van der Waals surface area contributed by atoms with Gasteiger partial charge < -0.3 is 14.5 Å². The highest BCUT2D eigenvalue weighted by Crippen LogP contribution is 2.62. The maximum atomic E-state index is 6.75. The third-order valence-electron chi connectivity index (χ3n) is 10.8. The fourth-order valence-corrected chi connectivity index (χ4v) is 8.35. The second-order valence-corrected chi connectivity index (χ2v) is 14.2. The molecule has 0 N–H and O–H groups in total. The van der Waals surface area contributed by atoms with Crippen LogP contribution in [0.3, 0.4) is 0 Å². The Morgan fingerprint density at radius 1 is 0.462 bits per heavy atom. The third-order valence-corrected chi connectivity index (χ3v) is 10.8. The van der Waals surface area contributed by atoms with Crippen molar-refractivity contribution in [2.24, 2.45) is 0 Å². The summed E-state index contributed by atoms with van der Waals surface area (Å²) in [6.45, 7) is 4.70. The molecule has 8 aromatic rings. The van der Waals surface area contributed by atoms with Crippen LogP contribution in [0.4, 0.5) is 34.1 Å². The molecule has 3 heteroatoms. The van der Waals surface area contributed by atoms with Crippen molar-refractivity contribution in [2.75, 3.05) is 9.80 Å². The van der Waals surface area contributed by atoms with E-state index in [0.29, 0.717) is 0 Å². The highest BCUT2D eigenvalue weighted by molar-refractivity contribution is 6.07. The number of nitrogens with zero attached hydrogens (tertiary/aromatic N) is 2. The molecule has 2 heterocycles. The molecule has 0 saturated heterocycles. The summed E-state index contributed by atoms with van der Waals surface area (Å²) in [7, 11) is 0. The van der Waals surface area contributed by atoms with Gasteiger partial charge in [-0.15, -0.1) is 0 Å². The van der Waals surface area contributed by atoms with Crippen LogP contribution in [-0.4, -0.2) is 0 Å². The zero-order chi connectivity index (χ0) is 34.8. The van der Waals surface area contributed by atoms with Crippen LogP contribution in [0.1, 0.15) is 25.0 Å². The summed E-state index contributed by atoms with van der Waals surface area (Å²) in [6, 6.07) is 65.2. The van der Waals surface area contributed by atoms with E-state index in [2.05, 4.69) is 206 Å². The van der Waals surface area contributed by atoms with Gasteiger partial charge >= 0.3 is 0 Å². The van der Waals surface area contributed by atoms with Crippen molar-refractivity contribution in [3.05, 3.63) is 193 Å². The molecule has 2 aliphatic rings. The number of hydrogen-bond donors (Lipinski definition) is 0. The summed E-state index contributed by atoms with van der Waals surface area (Å²) in [5, 5.41) is 2.38. The summed E-state index contributed by atoms with van der Waals surface area (Å²) in [5.74, 6) is 1.77. The Labute approximate surface area is 304 Å². The maximum absolute atomic E-state index is 6.75. The van der Waals surface area contributed by atoms with Crippen molar-refractivity contribution in [3.8, 4) is 33.8 Å². The summed E-state index contributed by atoms with van der Waals surface area (Å²) in [5.41, 5.74) is 13.9. The van der Waals surface area contributed by atoms with Crippen molar-refractivity contribution < 1.29 is 4.74 Å². The first-order valence-electron chi connectivity index (χ1n) is 17.9. The highest BCUT2D eigenvalue weighted by Gasteiger charge is 2.43. The number of ether oxygens (including phenoxy) is 1. The van der Waals surface area contributed by atoms with Crippen LogP contribution >= 0.6 is 0 Å². The van der Waals surface area contributed by atoms with Gasteiger partial charge in [0.15, 0.2) is 11.5 Å². The van der Waals surface area contributed by atoms with Gasteiger partial charge in [0.2, 0.25) is 0 Å². The van der Waals surface area contributed by atoms with E-state index < -0.39 is 0 Å². The fourth-order valence-electron chi connectivity index (χ4n) is 8.35. The lowest BCUT2D eigenvalue weighted by Gasteiger charge is -2.46. The van der Waals surface area contributed by atoms with Crippen LogP contribution in [0.25, 0.3) is 33.0 Å². The Kier molecular flexibility index (Phi) is 6.84. The molecule has 0 atom stereocenters. The van der Waals surface area contributed by atoms with Gasteiger partial charge in [0, 0.05) is 27.9 Å². The first-order chi connectivity index (χ1) is 25.6. The SMILES string of the molecule is CC1(C)c2ccccc2N2c3c(ccc(-c4ccc(-c5ccc(N(c6ccccc6)c6ccccc6)cc5)cc4)c31)Oc1ccc3ccccc3c12. The van der Waals surface area contributed by atoms with Crippen molar-refractivity contribution in [2.45, 2.75) is 19.3 Å². The van der Waals surface area contributed by atoms with Crippen LogP contribution in [-0.2, 0) is 5.41 Å². The minimum atomic E-state index is -0.267. The topological polar surface area (TPSA) is 15.7 Å². The monoisotopic (exact) mass is 668 g/mol. The van der Waals surface area contributed by atoms with E-state index in [9.17, 15) is 0 Å². The lowest BCUT2D eigenvalue weighted by Crippen LogP contribution is -2.33. The fraction of sp³-hybridized carbons (Fsp3) is 0.0612. The van der Waals surface area contributed by atoms with Gasteiger partial charge in [-0.25, -0.2) is 0 Å². The molecule has 0 amide bonds. The second-order valence-electron chi connectivity index (χ2n) is 14.2. The van der Waals surface area contributed by atoms with Crippen LogP contribution in [0.2, 0.25) is 0 Å². The molecule has 0 saturated carbocycles. The molecule has 52 heavy (non-hydrogen) atoms. The number of anilines is 6. The van der Waals surface area contributed by atoms with Gasteiger partial charge in [-0.3, -0.25) is 0 Å². The third kappa shape index (κ3) is 4.66. The van der Waals surface area contributed by atoms with E-state index in [0.717, 1.165) is 39.9 Å². The van der Waals surface area contributed by atoms with Crippen molar-refractivity contribution in [1.29, 1.82) is 0 Å². The number of para-hydroxylation sites is 3. The molecule has 248 valence electrons. The molecule has 0 bridgehead atoms. The molecular formula is C49H36N2O. The van der Waals surface area contributed by atoms with Gasteiger partial charge in [-0.2, -0.15) is 0 Å². The maximum Gasteiger partial charge on any atom is 0.152 e. The number of benzene rings is 8. The largest absolute Gasteiger partial charge is 0.453 e. The average Bonchev–Trinajstić information content (AvgIpc) is 3.20. The van der Waals surface area contributed by atoms with Gasteiger partial charge in [0.25, 0.3) is 0 Å². The zero-order valence-electron chi connectivity index (χ0n) is 29.1. The molecule has 2 aliphatic heterocycles. The smallest absolute Gasteiger partial charge is 0.152 e. The molecule has 0 unspecified atom stereocenters. The average molecular weight is 669 g/mol. The van der Waals surface area contributed by atoms with E-state index in [-0.39, 0.29) is 5.41 Å². The summed E-state index contributed by atoms with van der Waals surface area (Å²) < 4.78 is 6.75. The molecular weight excluding hydrogens is 633 g/mol. The minimum absolute atomic E-state index is 0.267. The van der Waals surface area contributed by atoms with Gasteiger partial charge in [-0.05, 0) is 93.4 Å². The zero-order valence-corrected chi connectivity index (χ0v) is 29.1. The first-order valence-corrected chi connectivity index (χ1v) is 17.9. The number of fused-ring (bicyclic) bond motifs is 6. The van der Waals surface area contributed by atoms with Crippen LogP contribution < -0.4 is 14.5 Å². The lowest BCUT2D eigenvalue weighted by molar-refractivity contribution is 0.472. The van der Waals surface area contributed by atoms with E-state index in [1.807, 2.05) is 0 Å². The Bertz CT molecular complexity index is 2570. The Hall–Kier alpha value is -6.58. The van der Waals surface area contributed by atoms with E-state index in [1.165, 1.54) is 49.8 Å². The number of rotatable bonds is 5. The molecule has 10 rings (SSSR count). The van der Waals surface area contributed by atoms with Gasteiger partial charge in [0.05, 0.1) is 17.1 Å². The Balaban J connectivity index is 1.06. The van der Waals surface area contributed by atoms with Gasteiger partial charge in [-0.1, -0.05) is 141 Å². The highest BCUT2D eigenvalue weighted by atomic mass is 16.5. The molecule has 0 aliphatic carbocycles. The first kappa shape index (κ1) is 30.3. The molecule has 0 radical (unpaired) electrons. The lowest BCUT2D eigenvalue weighted by atomic mass is 9.70. The van der Waals surface area contributed by atoms with E-state index in [4.69, 9.17) is 4.74 Å². The van der Waals surface area contributed by atoms with Crippen molar-refractivity contribution in [1.82, 2.24) is 0 Å². The molecule has 0 fully saturated rings.